The number of nitro groups is 1. The van der Waals surface area contributed by atoms with Gasteiger partial charge in [-0.25, -0.2) is 4.98 Å². The Labute approximate surface area is 119 Å². The van der Waals surface area contributed by atoms with Crippen molar-refractivity contribution in [2.45, 2.75) is 58.0 Å². The van der Waals surface area contributed by atoms with Gasteiger partial charge in [-0.2, -0.15) is 0 Å². The summed E-state index contributed by atoms with van der Waals surface area (Å²) in [5.74, 6) is 1.69. The molecule has 2 heterocycles. The smallest absolute Gasteiger partial charge is 0.290 e. The fraction of sp³-hybridized carbons (Fsp3) is 0.667. The van der Waals surface area contributed by atoms with Crippen molar-refractivity contribution in [3.8, 4) is 0 Å². The number of nitrogens with zero attached hydrogens (tertiary/aromatic N) is 3. The second kappa shape index (κ2) is 5.04. The molecule has 3 atom stereocenters. The number of hydrogen-bond donors (Lipinski definition) is 0. The highest BCUT2D eigenvalue weighted by Gasteiger charge is 2.40. The zero-order chi connectivity index (χ0) is 14.3. The van der Waals surface area contributed by atoms with Crippen LogP contribution >= 0.6 is 0 Å². The van der Waals surface area contributed by atoms with Crippen LogP contribution in [0.2, 0.25) is 0 Å². The molecular weight excluding hydrogens is 254 g/mol. The Morgan fingerprint density at radius 3 is 2.85 bits per heavy atom. The molecule has 0 N–H and O–H groups in total. The van der Waals surface area contributed by atoms with E-state index in [0.717, 1.165) is 11.7 Å². The molecule has 20 heavy (non-hydrogen) atoms. The van der Waals surface area contributed by atoms with E-state index in [4.69, 9.17) is 0 Å². The van der Waals surface area contributed by atoms with E-state index < -0.39 is 0 Å². The normalized spacial score (nSPS) is 29.3. The molecule has 2 aliphatic rings. The monoisotopic (exact) mass is 275 g/mol. The molecule has 3 unspecified atom stereocenters. The van der Waals surface area contributed by atoms with Crippen molar-refractivity contribution in [1.82, 2.24) is 4.98 Å². The van der Waals surface area contributed by atoms with Crippen molar-refractivity contribution >= 4 is 11.5 Å². The summed E-state index contributed by atoms with van der Waals surface area (Å²) in [6.45, 7) is 4.04. The van der Waals surface area contributed by atoms with E-state index in [1.165, 1.54) is 38.3 Å². The number of hydrogen-bond acceptors (Lipinski definition) is 4. The summed E-state index contributed by atoms with van der Waals surface area (Å²) in [6, 6.07) is 2.94. The fourth-order valence-electron chi connectivity index (χ4n) is 3.97. The molecule has 3 rings (SSSR count). The minimum absolute atomic E-state index is 0.112. The summed E-state index contributed by atoms with van der Waals surface area (Å²) >= 11 is 0. The van der Waals surface area contributed by atoms with Gasteiger partial charge in [0.15, 0.2) is 0 Å². The highest BCUT2D eigenvalue weighted by Crippen LogP contribution is 2.41. The molecule has 1 aliphatic carbocycles. The van der Waals surface area contributed by atoms with Crippen LogP contribution in [0.15, 0.2) is 12.3 Å². The third kappa shape index (κ3) is 2.15. The first-order valence-corrected chi connectivity index (χ1v) is 7.47. The van der Waals surface area contributed by atoms with Crippen molar-refractivity contribution < 1.29 is 4.92 Å². The minimum atomic E-state index is -0.358. The van der Waals surface area contributed by atoms with Gasteiger partial charge in [0.05, 0.1) is 4.92 Å². The SMILES string of the molecule is Cc1cc(N2C(C)CC3CCCCC32)ncc1[N+](=O)[O-]. The largest absolute Gasteiger partial charge is 0.351 e. The van der Waals surface area contributed by atoms with Gasteiger partial charge in [-0.15, -0.1) is 0 Å². The molecule has 1 saturated heterocycles. The van der Waals surface area contributed by atoms with E-state index in [0.29, 0.717) is 17.6 Å². The van der Waals surface area contributed by atoms with E-state index in [9.17, 15) is 10.1 Å². The maximum atomic E-state index is 10.9. The standard InChI is InChI=1S/C15H21N3O2/c1-10-7-15(16-9-14(10)18(19)20)17-11(2)8-12-5-3-4-6-13(12)17/h7,9,11-13H,3-6,8H2,1-2H3. The number of fused-ring (bicyclic) bond motifs is 1. The molecule has 5 heteroatoms. The maximum Gasteiger partial charge on any atom is 0.290 e. The first kappa shape index (κ1) is 13.3. The molecule has 0 bridgehead atoms. The van der Waals surface area contributed by atoms with Gasteiger partial charge in [0.25, 0.3) is 5.69 Å². The molecular formula is C15H21N3O2. The summed E-state index contributed by atoms with van der Waals surface area (Å²) < 4.78 is 0. The summed E-state index contributed by atoms with van der Waals surface area (Å²) in [7, 11) is 0. The summed E-state index contributed by atoms with van der Waals surface area (Å²) in [5, 5.41) is 10.9. The first-order chi connectivity index (χ1) is 9.58. The van der Waals surface area contributed by atoms with Crippen molar-refractivity contribution in [1.29, 1.82) is 0 Å². The van der Waals surface area contributed by atoms with Crippen LogP contribution in [-0.2, 0) is 0 Å². The lowest BCUT2D eigenvalue weighted by Crippen LogP contribution is -2.38. The third-order valence-electron chi connectivity index (χ3n) is 4.87. The van der Waals surface area contributed by atoms with E-state index in [-0.39, 0.29) is 10.6 Å². The Hall–Kier alpha value is -1.65. The number of pyridine rings is 1. The number of rotatable bonds is 2. The van der Waals surface area contributed by atoms with Crippen LogP contribution in [0.25, 0.3) is 0 Å². The Balaban J connectivity index is 1.91. The molecule has 0 amide bonds. The number of anilines is 1. The predicted molar refractivity (Wildman–Crippen MR) is 77.9 cm³/mol. The molecule has 0 aromatic carbocycles. The van der Waals surface area contributed by atoms with Crippen molar-refractivity contribution in [2.75, 3.05) is 4.90 Å². The van der Waals surface area contributed by atoms with Crippen LogP contribution in [0.5, 0.6) is 0 Å². The average Bonchev–Trinajstić information content (AvgIpc) is 2.73. The van der Waals surface area contributed by atoms with Gasteiger partial charge in [0.2, 0.25) is 0 Å². The van der Waals surface area contributed by atoms with E-state index in [1.54, 1.807) is 6.92 Å². The zero-order valence-corrected chi connectivity index (χ0v) is 12.1. The van der Waals surface area contributed by atoms with E-state index >= 15 is 0 Å². The van der Waals surface area contributed by atoms with Gasteiger partial charge in [-0.1, -0.05) is 12.8 Å². The third-order valence-corrected chi connectivity index (χ3v) is 4.87. The second-order valence-electron chi connectivity index (χ2n) is 6.19. The lowest BCUT2D eigenvalue weighted by atomic mass is 9.85. The van der Waals surface area contributed by atoms with Gasteiger partial charge in [-0.05, 0) is 45.1 Å². The Morgan fingerprint density at radius 1 is 1.40 bits per heavy atom. The zero-order valence-electron chi connectivity index (χ0n) is 12.1. The highest BCUT2D eigenvalue weighted by atomic mass is 16.6. The maximum absolute atomic E-state index is 10.9. The molecule has 1 aliphatic heterocycles. The lowest BCUT2D eigenvalue weighted by Gasteiger charge is -2.34. The molecule has 5 nitrogen and oxygen atoms in total. The van der Waals surface area contributed by atoms with Crippen LogP contribution in [0.4, 0.5) is 11.5 Å². The van der Waals surface area contributed by atoms with Gasteiger partial charge >= 0.3 is 0 Å². The Bertz CT molecular complexity index is 532. The van der Waals surface area contributed by atoms with Crippen LogP contribution in [-0.4, -0.2) is 22.0 Å². The number of aromatic nitrogens is 1. The Morgan fingerprint density at radius 2 is 2.15 bits per heavy atom. The summed E-state index contributed by atoms with van der Waals surface area (Å²) in [5.41, 5.74) is 0.812. The molecule has 108 valence electrons. The molecule has 0 spiro atoms. The highest BCUT2D eigenvalue weighted by molar-refractivity contribution is 5.51. The molecule has 0 radical (unpaired) electrons. The minimum Gasteiger partial charge on any atom is -0.351 e. The molecule has 1 aromatic heterocycles. The van der Waals surface area contributed by atoms with Gasteiger partial charge < -0.3 is 4.90 Å². The molecule has 2 fully saturated rings. The van der Waals surface area contributed by atoms with Gasteiger partial charge in [-0.3, -0.25) is 10.1 Å². The van der Waals surface area contributed by atoms with Crippen LogP contribution in [0.3, 0.4) is 0 Å². The van der Waals surface area contributed by atoms with Crippen LogP contribution < -0.4 is 4.90 Å². The average molecular weight is 275 g/mol. The van der Waals surface area contributed by atoms with E-state index in [1.807, 2.05) is 6.07 Å². The topological polar surface area (TPSA) is 59.3 Å². The predicted octanol–water partition coefficient (Wildman–Crippen LogP) is 3.46. The van der Waals surface area contributed by atoms with Crippen molar-refractivity contribution in [3.63, 3.8) is 0 Å². The van der Waals surface area contributed by atoms with Crippen molar-refractivity contribution in [2.24, 2.45) is 5.92 Å². The van der Waals surface area contributed by atoms with Gasteiger partial charge in [0.1, 0.15) is 12.0 Å². The van der Waals surface area contributed by atoms with Gasteiger partial charge in [0, 0.05) is 17.6 Å². The molecule has 1 aromatic rings. The number of aryl methyl sites for hydroxylation is 1. The van der Waals surface area contributed by atoms with E-state index in [2.05, 4.69) is 16.8 Å². The molecule has 1 saturated carbocycles. The second-order valence-corrected chi connectivity index (χ2v) is 6.19. The van der Waals surface area contributed by atoms with Crippen molar-refractivity contribution in [3.05, 3.63) is 27.9 Å². The van der Waals surface area contributed by atoms with Crippen LogP contribution in [0, 0.1) is 23.0 Å². The summed E-state index contributed by atoms with van der Waals surface area (Å²) in [6.07, 6.45) is 7.81. The van der Waals surface area contributed by atoms with Crippen LogP contribution in [0.1, 0.15) is 44.6 Å². The Kier molecular flexibility index (Phi) is 3.36. The fourth-order valence-corrected chi connectivity index (χ4v) is 3.97. The lowest BCUT2D eigenvalue weighted by molar-refractivity contribution is -0.385. The quantitative estimate of drug-likeness (QED) is 0.612. The first-order valence-electron chi connectivity index (χ1n) is 7.47. The summed E-state index contributed by atoms with van der Waals surface area (Å²) in [4.78, 5) is 17.3.